The van der Waals surface area contributed by atoms with Crippen LogP contribution in [-0.4, -0.2) is 5.11 Å². The first-order valence-electron chi connectivity index (χ1n) is 7.02. The van der Waals surface area contributed by atoms with Crippen LogP contribution in [0.5, 0.6) is 0 Å². The number of furan rings is 1. The van der Waals surface area contributed by atoms with E-state index in [0.717, 1.165) is 10.9 Å². The normalized spacial score (nSPS) is 14.3. The van der Waals surface area contributed by atoms with E-state index in [1.807, 2.05) is 32.0 Å². The van der Waals surface area contributed by atoms with Crippen LogP contribution in [0.25, 0.3) is 11.0 Å². The van der Waals surface area contributed by atoms with E-state index in [-0.39, 0.29) is 5.56 Å². The monoisotopic (exact) mass is 284 g/mol. The number of rotatable bonds is 3. The molecule has 3 heteroatoms. The molecule has 0 saturated carbocycles. The second kappa shape index (κ2) is 5.01. The summed E-state index contributed by atoms with van der Waals surface area (Å²) in [6, 6.07) is 13.9. The summed E-state index contributed by atoms with van der Waals surface area (Å²) in [6.07, 6.45) is 0.326. The molecular weight excluding hydrogens is 267 g/mol. The molecule has 0 fully saturated rings. The third kappa shape index (κ3) is 2.24. The molecule has 0 spiro atoms. The van der Waals surface area contributed by atoms with Crippen molar-refractivity contribution in [2.45, 2.75) is 25.9 Å². The predicted molar refractivity (Wildman–Crippen MR) is 80.6 cm³/mol. The molecular formula is C18H17FO2. The summed E-state index contributed by atoms with van der Waals surface area (Å²) in [6.45, 7) is 3.81. The Morgan fingerprint density at radius 2 is 1.90 bits per heavy atom. The molecule has 3 rings (SSSR count). The second-order valence-electron chi connectivity index (χ2n) is 5.35. The lowest BCUT2D eigenvalue weighted by molar-refractivity contribution is 0.0508. The maximum Gasteiger partial charge on any atom is 0.150 e. The van der Waals surface area contributed by atoms with E-state index in [4.69, 9.17) is 4.42 Å². The van der Waals surface area contributed by atoms with Gasteiger partial charge in [0.15, 0.2) is 0 Å². The van der Waals surface area contributed by atoms with Crippen LogP contribution >= 0.6 is 0 Å². The van der Waals surface area contributed by atoms with Gasteiger partial charge in [0.1, 0.15) is 22.8 Å². The van der Waals surface area contributed by atoms with Crippen molar-refractivity contribution in [1.82, 2.24) is 0 Å². The number of benzene rings is 2. The maximum atomic E-state index is 14.1. The van der Waals surface area contributed by atoms with E-state index in [9.17, 15) is 9.50 Å². The Labute approximate surface area is 122 Å². The SMILES string of the molecule is CCC(O)(c1cc2cc(C)ccc2o1)c1ccccc1F. The minimum Gasteiger partial charge on any atom is -0.458 e. The molecule has 21 heavy (non-hydrogen) atoms. The van der Waals surface area contributed by atoms with Crippen molar-refractivity contribution < 1.29 is 13.9 Å². The minimum atomic E-state index is -1.46. The zero-order valence-electron chi connectivity index (χ0n) is 12.1. The van der Waals surface area contributed by atoms with Gasteiger partial charge in [0.2, 0.25) is 0 Å². The summed E-state index contributed by atoms with van der Waals surface area (Å²) in [5.41, 5.74) is 0.584. The third-order valence-corrected chi connectivity index (χ3v) is 3.91. The van der Waals surface area contributed by atoms with E-state index in [1.165, 1.54) is 6.07 Å². The van der Waals surface area contributed by atoms with Gasteiger partial charge >= 0.3 is 0 Å². The highest BCUT2D eigenvalue weighted by molar-refractivity contribution is 5.79. The molecule has 0 aliphatic carbocycles. The van der Waals surface area contributed by atoms with Crippen LogP contribution in [0.15, 0.2) is 52.9 Å². The summed E-state index contributed by atoms with van der Waals surface area (Å²) in [7, 11) is 0. The average Bonchev–Trinajstić information content (AvgIpc) is 2.90. The quantitative estimate of drug-likeness (QED) is 0.766. The van der Waals surface area contributed by atoms with E-state index in [2.05, 4.69) is 0 Å². The summed E-state index contributed by atoms with van der Waals surface area (Å²) >= 11 is 0. The minimum absolute atomic E-state index is 0.239. The van der Waals surface area contributed by atoms with Crippen LogP contribution in [0.4, 0.5) is 4.39 Å². The van der Waals surface area contributed by atoms with Crippen molar-refractivity contribution >= 4 is 11.0 Å². The predicted octanol–water partition coefficient (Wildman–Crippen LogP) is 4.53. The van der Waals surface area contributed by atoms with Gasteiger partial charge < -0.3 is 9.52 Å². The fourth-order valence-electron chi connectivity index (χ4n) is 2.66. The lowest BCUT2D eigenvalue weighted by Gasteiger charge is -2.25. The fourth-order valence-corrected chi connectivity index (χ4v) is 2.66. The largest absolute Gasteiger partial charge is 0.458 e. The zero-order valence-corrected chi connectivity index (χ0v) is 12.1. The molecule has 1 unspecified atom stereocenters. The molecule has 1 aromatic heterocycles. The van der Waals surface area contributed by atoms with Gasteiger partial charge in [-0.15, -0.1) is 0 Å². The van der Waals surface area contributed by atoms with E-state index < -0.39 is 11.4 Å². The molecule has 2 aromatic carbocycles. The lowest BCUT2D eigenvalue weighted by atomic mass is 9.88. The summed E-state index contributed by atoms with van der Waals surface area (Å²) in [4.78, 5) is 0. The van der Waals surface area contributed by atoms with Gasteiger partial charge in [0, 0.05) is 10.9 Å². The second-order valence-corrected chi connectivity index (χ2v) is 5.35. The van der Waals surface area contributed by atoms with Crippen LogP contribution in [-0.2, 0) is 5.60 Å². The highest BCUT2D eigenvalue weighted by atomic mass is 19.1. The van der Waals surface area contributed by atoms with E-state index in [0.29, 0.717) is 17.8 Å². The van der Waals surface area contributed by atoms with Crippen LogP contribution in [0, 0.1) is 12.7 Å². The van der Waals surface area contributed by atoms with Crippen molar-refractivity contribution in [2.75, 3.05) is 0 Å². The van der Waals surface area contributed by atoms with Crippen LogP contribution in [0.3, 0.4) is 0 Å². The first kappa shape index (κ1) is 13.8. The lowest BCUT2D eigenvalue weighted by Crippen LogP contribution is -2.27. The van der Waals surface area contributed by atoms with Gasteiger partial charge in [-0.1, -0.05) is 36.8 Å². The summed E-state index contributed by atoms with van der Waals surface area (Å²) in [5, 5.41) is 11.9. The number of aliphatic hydroxyl groups is 1. The van der Waals surface area contributed by atoms with Crippen LogP contribution in [0.1, 0.15) is 30.2 Å². The highest BCUT2D eigenvalue weighted by Crippen LogP contribution is 2.37. The molecule has 0 aliphatic heterocycles. The van der Waals surface area contributed by atoms with Crippen molar-refractivity contribution in [2.24, 2.45) is 0 Å². The third-order valence-electron chi connectivity index (χ3n) is 3.91. The molecule has 3 aromatic rings. The molecule has 0 amide bonds. The molecule has 0 aliphatic rings. The Morgan fingerprint density at radius 1 is 1.14 bits per heavy atom. The van der Waals surface area contributed by atoms with Crippen LogP contribution < -0.4 is 0 Å². The fraction of sp³-hybridized carbons (Fsp3) is 0.222. The molecule has 0 bridgehead atoms. The van der Waals surface area contributed by atoms with Crippen molar-refractivity contribution in [3.05, 3.63) is 71.2 Å². The standard InChI is InChI=1S/C18H17FO2/c1-3-18(20,14-6-4-5-7-15(14)19)17-11-13-10-12(2)8-9-16(13)21-17/h4-11,20H,3H2,1-2H3. The Bertz CT molecular complexity index is 791. The smallest absolute Gasteiger partial charge is 0.150 e. The Balaban J connectivity index is 2.19. The van der Waals surface area contributed by atoms with Crippen molar-refractivity contribution in [3.8, 4) is 0 Å². The Kier molecular flexibility index (Phi) is 3.30. The van der Waals surface area contributed by atoms with Gasteiger partial charge in [0.25, 0.3) is 0 Å². The van der Waals surface area contributed by atoms with Crippen molar-refractivity contribution in [1.29, 1.82) is 0 Å². The highest BCUT2D eigenvalue weighted by Gasteiger charge is 2.35. The number of aryl methyl sites for hydroxylation is 1. The number of hydrogen-bond donors (Lipinski definition) is 1. The zero-order chi connectivity index (χ0) is 15.0. The number of halogens is 1. The van der Waals surface area contributed by atoms with Crippen LogP contribution in [0.2, 0.25) is 0 Å². The van der Waals surface area contributed by atoms with E-state index >= 15 is 0 Å². The first-order chi connectivity index (χ1) is 10.0. The maximum absolute atomic E-state index is 14.1. The summed E-state index contributed by atoms with van der Waals surface area (Å²) in [5.74, 6) is -0.0609. The van der Waals surface area contributed by atoms with Gasteiger partial charge in [-0.2, -0.15) is 0 Å². The molecule has 1 heterocycles. The van der Waals surface area contributed by atoms with Crippen molar-refractivity contribution in [3.63, 3.8) is 0 Å². The Hall–Kier alpha value is -2.13. The topological polar surface area (TPSA) is 33.4 Å². The number of fused-ring (bicyclic) bond motifs is 1. The molecule has 0 saturated heterocycles. The van der Waals surface area contributed by atoms with Gasteiger partial charge in [0.05, 0.1) is 0 Å². The van der Waals surface area contributed by atoms with Gasteiger partial charge in [-0.3, -0.25) is 0 Å². The number of hydrogen-bond acceptors (Lipinski definition) is 2. The molecule has 1 atom stereocenters. The molecule has 2 nitrogen and oxygen atoms in total. The molecule has 1 N–H and O–H groups in total. The molecule has 0 radical (unpaired) electrons. The molecule has 108 valence electrons. The van der Waals surface area contributed by atoms with Gasteiger partial charge in [-0.25, -0.2) is 4.39 Å². The van der Waals surface area contributed by atoms with Gasteiger partial charge in [-0.05, 0) is 37.6 Å². The Morgan fingerprint density at radius 3 is 2.62 bits per heavy atom. The van der Waals surface area contributed by atoms with E-state index in [1.54, 1.807) is 24.3 Å². The summed E-state index contributed by atoms with van der Waals surface area (Å²) < 4.78 is 19.8. The average molecular weight is 284 g/mol. The first-order valence-corrected chi connectivity index (χ1v) is 7.02.